The second-order valence-electron chi connectivity index (χ2n) is 7.44. The molecule has 0 aromatic heterocycles. The van der Waals surface area contributed by atoms with Gasteiger partial charge >= 0.3 is 0 Å². The molecule has 1 aliphatic heterocycles. The van der Waals surface area contributed by atoms with Crippen LogP contribution in [0.2, 0.25) is 0 Å². The molecule has 1 fully saturated rings. The lowest BCUT2D eigenvalue weighted by molar-refractivity contribution is -0.133. The Balaban J connectivity index is 1.73. The summed E-state index contributed by atoms with van der Waals surface area (Å²) in [6.45, 7) is 1.27. The molecule has 1 saturated heterocycles. The van der Waals surface area contributed by atoms with Gasteiger partial charge in [-0.25, -0.2) is 17.2 Å². The maximum atomic E-state index is 14.1. The molecule has 0 aliphatic carbocycles. The van der Waals surface area contributed by atoms with Crippen molar-refractivity contribution in [3.8, 4) is 6.07 Å². The lowest BCUT2D eigenvalue weighted by Crippen LogP contribution is -2.55. The van der Waals surface area contributed by atoms with E-state index in [1.165, 1.54) is 40.9 Å². The van der Waals surface area contributed by atoms with Crippen molar-refractivity contribution >= 4 is 33.4 Å². The van der Waals surface area contributed by atoms with E-state index in [1.54, 1.807) is 6.07 Å². The van der Waals surface area contributed by atoms with Crippen molar-refractivity contribution in [2.45, 2.75) is 17.4 Å². The first kappa shape index (κ1) is 25.0. The van der Waals surface area contributed by atoms with Gasteiger partial charge in [-0.05, 0) is 42.7 Å². The summed E-state index contributed by atoms with van der Waals surface area (Å²) in [6.07, 6.45) is 2.09. The molecule has 1 amide bonds. The fraction of sp³-hybridized carbons (Fsp3) is 0.364. The molecular formula is C22H24F2N4O3S2. The van der Waals surface area contributed by atoms with Crippen molar-refractivity contribution in [2.24, 2.45) is 0 Å². The fourth-order valence-corrected chi connectivity index (χ4v) is 5.43. The van der Waals surface area contributed by atoms with Crippen molar-refractivity contribution in [3.05, 3.63) is 59.7 Å². The number of amides is 1. The van der Waals surface area contributed by atoms with Gasteiger partial charge in [0.05, 0.1) is 5.69 Å². The molecule has 7 nitrogen and oxygen atoms in total. The Bertz CT molecular complexity index is 1150. The van der Waals surface area contributed by atoms with Crippen LogP contribution in [0.4, 0.5) is 14.5 Å². The number of piperazine rings is 1. The van der Waals surface area contributed by atoms with Crippen LogP contribution in [0, 0.1) is 23.0 Å². The number of sulfonamides is 1. The fourth-order valence-electron chi connectivity index (χ4n) is 3.66. The van der Waals surface area contributed by atoms with E-state index in [0.29, 0.717) is 24.5 Å². The molecule has 2 aromatic rings. The van der Waals surface area contributed by atoms with E-state index < -0.39 is 38.5 Å². The van der Waals surface area contributed by atoms with E-state index in [0.717, 1.165) is 12.1 Å². The van der Waals surface area contributed by atoms with Gasteiger partial charge in [-0.15, -0.1) is 0 Å². The van der Waals surface area contributed by atoms with Crippen LogP contribution in [0.25, 0.3) is 0 Å². The maximum absolute atomic E-state index is 14.1. The summed E-state index contributed by atoms with van der Waals surface area (Å²) in [7, 11) is -4.24. The minimum atomic E-state index is -4.24. The van der Waals surface area contributed by atoms with Crippen molar-refractivity contribution in [1.29, 1.82) is 5.26 Å². The molecule has 33 heavy (non-hydrogen) atoms. The van der Waals surface area contributed by atoms with E-state index in [2.05, 4.69) is 4.72 Å². The number of nitrogens with one attached hydrogen (secondary N) is 1. The van der Waals surface area contributed by atoms with Crippen molar-refractivity contribution in [2.75, 3.05) is 43.1 Å². The molecule has 0 saturated carbocycles. The molecule has 1 N–H and O–H groups in total. The lowest BCUT2D eigenvalue weighted by atomic mass is 10.1. The number of rotatable bonds is 8. The smallest absolute Gasteiger partial charge is 0.244 e. The van der Waals surface area contributed by atoms with Gasteiger partial charge in [-0.1, -0.05) is 18.2 Å². The van der Waals surface area contributed by atoms with E-state index in [9.17, 15) is 27.3 Å². The van der Waals surface area contributed by atoms with Crippen molar-refractivity contribution < 1.29 is 22.0 Å². The van der Waals surface area contributed by atoms with Gasteiger partial charge in [0, 0.05) is 26.2 Å². The third-order valence-electron chi connectivity index (χ3n) is 5.37. The highest BCUT2D eigenvalue weighted by Crippen LogP contribution is 2.24. The van der Waals surface area contributed by atoms with Gasteiger partial charge in [-0.3, -0.25) is 4.79 Å². The number of halogens is 2. The van der Waals surface area contributed by atoms with Crippen LogP contribution in [0.15, 0.2) is 47.4 Å². The average Bonchev–Trinajstić information content (AvgIpc) is 2.81. The quantitative estimate of drug-likeness (QED) is 0.606. The van der Waals surface area contributed by atoms with Gasteiger partial charge in [-0.2, -0.15) is 21.7 Å². The number of nitriles is 1. The number of thioether (sulfide) groups is 1. The molecule has 3 rings (SSSR count). The van der Waals surface area contributed by atoms with Gasteiger partial charge in [0.25, 0.3) is 0 Å². The molecule has 1 aliphatic rings. The number of anilines is 1. The summed E-state index contributed by atoms with van der Waals surface area (Å²) in [6, 6.07) is 10.2. The molecule has 11 heteroatoms. The Morgan fingerprint density at radius 1 is 1.12 bits per heavy atom. The summed E-state index contributed by atoms with van der Waals surface area (Å²) in [5.74, 6) is -1.36. The van der Waals surface area contributed by atoms with Gasteiger partial charge < -0.3 is 9.80 Å². The lowest BCUT2D eigenvalue weighted by Gasteiger charge is -2.38. The average molecular weight is 495 g/mol. The van der Waals surface area contributed by atoms with Gasteiger partial charge in [0.15, 0.2) is 0 Å². The second-order valence-corrected chi connectivity index (χ2v) is 10.1. The van der Waals surface area contributed by atoms with E-state index in [-0.39, 0.29) is 25.1 Å². The monoisotopic (exact) mass is 494 g/mol. The number of carbonyl (C=O) groups is 1. The zero-order chi connectivity index (χ0) is 24.0. The SMILES string of the molecule is CSCCC(NS(=O)(=O)c1ccccc1F)C(=O)N1CCN(c2cccc(F)c2C#N)CC1. The molecular weight excluding hydrogens is 470 g/mol. The maximum Gasteiger partial charge on any atom is 0.244 e. The first-order valence-corrected chi connectivity index (χ1v) is 13.1. The molecule has 1 unspecified atom stereocenters. The molecule has 0 spiro atoms. The zero-order valence-corrected chi connectivity index (χ0v) is 19.6. The number of nitrogens with zero attached hydrogens (tertiary/aromatic N) is 3. The molecule has 0 radical (unpaired) electrons. The van der Waals surface area contributed by atoms with E-state index >= 15 is 0 Å². The molecule has 1 atom stereocenters. The Morgan fingerprint density at radius 3 is 2.42 bits per heavy atom. The highest BCUT2D eigenvalue weighted by atomic mass is 32.2. The number of benzene rings is 2. The summed E-state index contributed by atoms with van der Waals surface area (Å²) < 4.78 is 55.9. The summed E-state index contributed by atoms with van der Waals surface area (Å²) >= 11 is 1.47. The number of carbonyl (C=O) groups excluding carboxylic acids is 1. The summed E-state index contributed by atoms with van der Waals surface area (Å²) in [4.78, 5) is 16.0. The zero-order valence-electron chi connectivity index (χ0n) is 18.0. The molecule has 2 aromatic carbocycles. The number of hydrogen-bond donors (Lipinski definition) is 1. The largest absolute Gasteiger partial charge is 0.367 e. The predicted molar refractivity (Wildman–Crippen MR) is 123 cm³/mol. The first-order chi connectivity index (χ1) is 15.8. The molecule has 0 bridgehead atoms. The Kier molecular flexibility index (Phi) is 8.29. The van der Waals surface area contributed by atoms with E-state index in [4.69, 9.17) is 0 Å². The number of hydrogen-bond acceptors (Lipinski definition) is 6. The van der Waals surface area contributed by atoms with Crippen LogP contribution in [0.5, 0.6) is 0 Å². The third-order valence-corrected chi connectivity index (χ3v) is 7.52. The van der Waals surface area contributed by atoms with Crippen LogP contribution in [0.1, 0.15) is 12.0 Å². The predicted octanol–water partition coefficient (Wildman–Crippen LogP) is 2.59. The Labute approximate surface area is 196 Å². The van der Waals surface area contributed by atoms with Crippen LogP contribution < -0.4 is 9.62 Å². The van der Waals surface area contributed by atoms with Gasteiger partial charge in [0.1, 0.15) is 34.2 Å². The minimum absolute atomic E-state index is 0.0484. The molecule has 1 heterocycles. The minimum Gasteiger partial charge on any atom is -0.367 e. The standard InChI is InChI=1S/C22H24F2N4O3S2/c1-32-14-9-19(26-33(30,31)21-8-3-2-5-18(21)24)22(29)28-12-10-27(11-13-28)20-7-4-6-17(23)16(20)15-25/h2-8,19,26H,9-14H2,1H3. The summed E-state index contributed by atoms with van der Waals surface area (Å²) in [5.41, 5.74) is 0.413. The topological polar surface area (TPSA) is 93.5 Å². The van der Waals surface area contributed by atoms with Crippen LogP contribution in [0.3, 0.4) is 0 Å². The van der Waals surface area contributed by atoms with E-state index in [1.807, 2.05) is 17.2 Å². The highest BCUT2D eigenvalue weighted by Gasteiger charge is 2.32. The van der Waals surface area contributed by atoms with Crippen LogP contribution >= 0.6 is 11.8 Å². The normalized spacial score (nSPS) is 15.2. The Morgan fingerprint density at radius 2 is 1.79 bits per heavy atom. The third kappa shape index (κ3) is 5.82. The van der Waals surface area contributed by atoms with Gasteiger partial charge in [0.2, 0.25) is 15.9 Å². The summed E-state index contributed by atoms with van der Waals surface area (Å²) in [5, 5.41) is 9.27. The van der Waals surface area contributed by atoms with Crippen LogP contribution in [-0.4, -0.2) is 63.5 Å². The van der Waals surface area contributed by atoms with Crippen LogP contribution in [-0.2, 0) is 14.8 Å². The van der Waals surface area contributed by atoms with Crippen molar-refractivity contribution in [3.63, 3.8) is 0 Å². The second kappa shape index (κ2) is 11.0. The van der Waals surface area contributed by atoms with Crippen molar-refractivity contribution in [1.82, 2.24) is 9.62 Å². The highest BCUT2D eigenvalue weighted by molar-refractivity contribution is 7.98. The first-order valence-electron chi connectivity index (χ1n) is 10.3. The Hall–Kier alpha value is -2.68. The molecule has 176 valence electrons.